The number of rotatable bonds is 3. The molecule has 0 aliphatic rings. The van der Waals surface area contributed by atoms with Crippen molar-refractivity contribution >= 4 is 34.6 Å². The average Bonchev–Trinajstić information content (AvgIpc) is 2.44. The maximum Gasteiger partial charge on any atom is 0.337 e. The molecule has 2 rings (SSSR count). The van der Waals surface area contributed by atoms with Gasteiger partial charge in [-0.05, 0) is 42.8 Å². The van der Waals surface area contributed by atoms with E-state index in [0.29, 0.717) is 22.0 Å². The zero-order valence-electron chi connectivity index (χ0n) is 11.2. The predicted octanol–water partition coefficient (Wildman–Crippen LogP) is 3.76. The Morgan fingerprint density at radius 2 is 2.00 bits per heavy atom. The van der Waals surface area contributed by atoms with Gasteiger partial charge in [-0.1, -0.05) is 17.7 Å². The molecule has 0 amide bonds. The van der Waals surface area contributed by atoms with Gasteiger partial charge in [-0.2, -0.15) is 0 Å². The minimum absolute atomic E-state index is 0.414. The summed E-state index contributed by atoms with van der Waals surface area (Å²) in [5.41, 5.74) is 9.35. The summed E-state index contributed by atoms with van der Waals surface area (Å²) >= 11 is 6.07. The Hall–Kier alpha value is -2.20. The van der Waals surface area contributed by atoms with Crippen molar-refractivity contribution in [2.75, 3.05) is 18.2 Å². The van der Waals surface area contributed by atoms with Crippen LogP contribution in [0.15, 0.2) is 36.4 Å². The molecule has 0 saturated carbocycles. The van der Waals surface area contributed by atoms with Gasteiger partial charge in [-0.15, -0.1) is 0 Å². The van der Waals surface area contributed by atoms with Crippen LogP contribution in [0.2, 0.25) is 5.02 Å². The van der Waals surface area contributed by atoms with Crippen LogP contribution in [0.1, 0.15) is 15.9 Å². The van der Waals surface area contributed by atoms with Gasteiger partial charge in [0.25, 0.3) is 0 Å². The highest BCUT2D eigenvalue weighted by Crippen LogP contribution is 2.27. The van der Waals surface area contributed by atoms with Crippen LogP contribution in [0.5, 0.6) is 0 Å². The third-order valence-corrected chi connectivity index (χ3v) is 3.33. The van der Waals surface area contributed by atoms with Crippen LogP contribution in [0.4, 0.5) is 17.1 Å². The number of methoxy groups -OCH3 is 1. The third-order valence-electron chi connectivity index (χ3n) is 2.92. The molecule has 0 atom stereocenters. The summed E-state index contributed by atoms with van der Waals surface area (Å²) in [6, 6.07) is 10.6. The molecule has 2 aromatic rings. The summed E-state index contributed by atoms with van der Waals surface area (Å²) in [6.07, 6.45) is 0. The van der Waals surface area contributed by atoms with Crippen molar-refractivity contribution in [1.82, 2.24) is 0 Å². The maximum atomic E-state index is 11.4. The molecule has 0 aliphatic carbocycles. The van der Waals surface area contributed by atoms with Crippen molar-refractivity contribution in [3.8, 4) is 0 Å². The summed E-state index contributed by atoms with van der Waals surface area (Å²) < 4.78 is 4.65. The fraction of sp³-hybridized carbons (Fsp3) is 0.133. The quantitative estimate of drug-likeness (QED) is 0.667. The first-order valence-electron chi connectivity index (χ1n) is 6.02. The lowest BCUT2D eigenvalue weighted by atomic mass is 10.1. The van der Waals surface area contributed by atoms with Gasteiger partial charge in [-0.3, -0.25) is 0 Å². The zero-order valence-corrected chi connectivity index (χ0v) is 12.0. The summed E-state index contributed by atoms with van der Waals surface area (Å²) in [4.78, 5) is 11.4. The molecule has 3 N–H and O–H groups in total. The Morgan fingerprint density at radius 1 is 1.25 bits per heavy atom. The number of hydrogen-bond donors (Lipinski definition) is 2. The van der Waals surface area contributed by atoms with Crippen LogP contribution in [0.3, 0.4) is 0 Å². The standard InChI is InChI=1S/C15H15ClN2O2/c1-9-3-5-11(8-12(9)16)18-14-6-4-10(7-13(14)17)15(19)20-2/h3-8,18H,17H2,1-2H3. The smallest absolute Gasteiger partial charge is 0.337 e. The number of carbonyl (C=O) groups is 1. The summed E-state index contributed by atoms with van der Waals surface area (Å²) in [6.45, 7) is 1.94. The van der Waals surface area contributed by atoms with E-state index in [1.54, 1.807) is 18.2 Å². The van der Waals surface area contributed by atoms with E-state index in [2.05, 4.69) is 10.1 Å². The van der Waals surface area contributed by atoms with Gasteiger partial charge in [0.1, 0.15) is 0 Å². The van der Waals surface area contributed by atoms with E-state index in [1.165, 1.54) is 7.11 Å². The largest absolute Gasteiger partial charge is 0.465 e. The number of nitrogens with one attached hydrogen (secondary N) is 1. The van der Waals surface area contributed by atoms with E-state index in [4.69, 9.17) is 17.3 Å². The average molecular weight is 291 g/mol. The molecule has 4 nitrogen and oxygen atoms in total. The van der Waals surface area contributed by atoms with E-state index < -0.39 is 5.97 Å². The van der Waals surface area contributed by atoms with Crippen LogP contribution < -0.4 is 11.1 Å². The molecule has 0 aromatic heterocycles. The highest BCUT2D eigenvalue weighted by Gasteiger charge is 2.08. The van der Waals surface area contributed by atoms with Gasteiger partial charge in [-0.25, -0.2) is 4.79 Å². The molecule has 0 spiro atoms. The number of benzene rings is 2. The van der Waals surface area contributed by atoms with E-state index >= 15 is 0 Å². The lowest BCUT2D eigenvalue weighted by molar-refractivity contribution is 0.0601. The Kier molecular flexibility index (Phi) is 4.15. The topological polar surface area (TPSA) is 64.3 Å². The van der Waals surface area contributed by atoms with Crippen LogP contribution in [0, 0.1) is 6.92 Å². The van der Waals surface area contributed by atoms with Crippen molar-refractivity contribution < 1.29 is 9.53 Å². The molecule has 2 aromatic carbocycles. The van der Waals surface area contributed by atoms with Gasteiger partial charge < -0.3 is 15.8 Å². The van der Waals surface area contributed by atoms with E-state index in [1.807, 2.05) is 25.1 Å². The molecular formula is C15H15ClN2O2. The second kappa shape index (κ2) is 5.84. The van der Waals surface area contributed by atoms with Crippen molar-refractivity contribution in [2.24, 2.45) is 0 Å². The SMILES string of the molecule is COC(=O)c1ccc(Nc2ccc(C)c(Cl)c2)c(N)c1. The van der Waals surface area contributed by atoms with Crippen LogP contribution >= 0.6 is 11.6 Å². The van der Waals surface area contributed by atoms with Crippen molar-refractivity contribution in [3.63, 3.8) is 0 Å². The number of aryl methyl sites for hydroxylation is 1. The number of halogens is 1. The number of hydrogen-bond acceptors (Lipinski definition) is 4. The molecule has 104 valence electrons. The molecule has 0 saturated heterocycles. The zero-order chi connectivity index (χ0) is 14.7. The number of carbonyl (C=O) groups excluding carboxylic acids is 1. The number of anilines is 3. The van der Waals surface area contributed by atoms with Gasteiger partial charge in [0.15, 0.2) is 0 Å². The molecule has 0 aliphatic heterocycles. The summed E-state index contributed by atoms with van der Waals surface area (Å²) in [5, 5.41) is 3.84. The van der Waals surface area contributed by atoms with E-state index in [0.717, 1.165) is 11.3 Å². The number of esters is 1. The summed E-state index contributed by atoms with van der Waals surface area (Å²) in [5.74, 6) is -0.415. The van der Waals surface area contributed by atoms with E-state index in [9.17, 15) is 4.79 Å². The van der Waals surface area contributed by atoms with Gasteiger partial charge in [0.05, 0.1) is 24.0 Å². The first-order valence-corrected chi connectivity index (χ1v) is 6.40. The summed E-state index contributed by atoms with van der Waals surface area (Å²) in [7, 11) is 1.33. The first-order chi connectivity index (χ1) is 9.51. The second-order valence-corrected chi connectivity index (χ2v) is 4.79. The lowest BCUT2D eigenvalue weighted by Gasteiger charge is -2.11. The number of ether oxygens (including phenoxy) is 1. The number of nitrogen functional groups attached to an aromatic ring is 1. The Bertz CT molecular complexity index is 656. The molecule has 0 unspecified atom stereocenters. The Morgan fingerprint density at radius 3 is 2.60 bits per heavy atom. The minimum Gasteiger partial charge on any atom is -0.465 e. The fourth-order valence-electron chi connectivity index (χ4n) is 1.75. The highest BCUT2D eigenvalue weighted by atomic mass is 35.5. The number of nitrogens with two attached hydrogens (primary N) is 1. The van der Waals surface area contributed by atoms with E-state index in [-0.39, 0.29) is 0 Å². The molecule has 0 heterocycles. The minimum atomic E-state index is -0.415. The Labute approximate surface area is 122 Å². The second-order valence-electron chi connectivity index (χ2n) is 4.38. The van der Waals surface area contributed by atoms with Crippen LogP contribution in [-0.4, -0.2) is 13.1 Å². The molecule has 20 heavy (non-hydrogen) atoms. The normalized spacial score (nSPS) is 10.2. The van der Waals surface area contributed by atoms with Gasteiger partial charge in [0.2, 0.25) is 0 Å². The fourth-order valence-corrected chi connectivity index (χ4v) is 1.93. The van der Waals surface area contributed by atoms with Crippen LogP contribution in [-0.2, 0) is 4.74 Å². The Balaban J connectivity index is 2.25. The lowest BCUT2D eigenvalue weighted by Crippen LogP contribution is -2.03. The molecule has 5 heteroatoms. The monoisotopic (exact) mass is 290 g/mol. The van der Waals surface area contributed by atoms with Crippen molar-refractivity contribution in [3.05, 3.63) is 52.5 Å². The molecule has 0 bridgehead atoms. The predicted molar refractivity (Wildman–Crippen MR) is 81.7 cm³/mol. The molecule has 0 fully saturated rings. The molecule has 0 radical (unpaired) electrons. The van der Waals surface area contributed by atoms with Crippen LogP contribution in [0.25, 0.3) is 0 Å². The maximum absolute atomic E-state index is 11.4. The van der Waals surface area contributed by atoms with Gasteiger partial charge >= 0.3 is 5.97 Å². The molecular weight excluding hydrogens is 276 g/mol. The highest BCUT2D eigenvalue weighted by molar-refractivity contribution is 6.31. The third kappa shape index (κ3) is 3.03. The van der Waals surface area contributed by atoms with Gasteiger partial charge in [0, 0.05) is 10.7 Å². The van der Waals surface area contributed by atoms with Crippen molar-refractivity contribution in [1.29, 1.82) is 0 Å². The van der Waals surface area contributed by atoms with Crippen molar-refractivity contribution in [2.45, 2.75) is 6.92 Å². The first kappa shape index (κ1) is 14.2.